The standard InChI is InChI=1S/C7H14N3/c1-2-4-8-7-9-5-3-6-10-7/h1-6H2,(H2,8,9,10). The molecular weight excluding hydrogens is 126 g/mol. The summed E-state index contributed by atoms with van der Waals surface area (Å²) in [6, 6.07) is 0. The number of nitrogens with zero attached hydrogens (tertiary/aromatic N) is 1. The van der Waals surface area contributed by atoms with Gasteiger partial charge in [-0.1, -0.05) is 6.92 Å². The lowest BCUT2D eigenvalue weighted by molar-refractivity contribution is 0.702. The molecule has 0 unspecified atom stereocenters. The lowest BCUT2D eigenvalue weighted by atomic mass is 10.4. The summed E-state index contributed by atoms with van der Waals surface area (Å²) < 4.78 is 0. The Morgan fingerprint density at radius 2 is 2.60 bits per heavy atom. The third kappa shape index (κ3) is 2.25. The highest BCUT2D eigenvalue weighted by atomic mass is 15.2. The van der Waals surface area contributed by atoms with Gasteiger partial charge in [-0.3, -0.25) is 4.99 Å². The fourth-order valence-corrected chi connectivity index (χ4v) is 0.858. The van der Waals surface area contributed by atoms with Crippen LogP contribution in [0.2, 0.25) is 0 Å². The first-order valence-electron chi connectivity index (χ1n) is 3.75. The second-order valence-electron chi connectivity index (χ2n) is 2.29. The summed E-state index contributed by atoms with van der Waals surface area (Å²) in [7, 11) is 0. The van der Waals surface area contributed by atoms with Crippen molar-refractivity contribution >= 4 is 5.96 Å². The molecule has 0 amide bonds. The van der Waals surface area contributed by atoms with E-state index < -0.39 is 0 Å². The molecular formula is C7H14N3. The van der Waals surface area contributed by atoms with Crippen LogP contribution in [-0.4, -0.2) is 25.6 Å². The Hall–Kier alpha value is -0.730. The van der Waals surface area contributed by atoms with Crippen molar-refractivity contribution in [1.82, 2.24) is 10.6 Å². The second kappa shape index (κ2) is 4.14. The highest BCUT2D eigenvalue weighted by Crippen LogP contribution is 1.86. The average molecular weight is 140 g/mol. The summed E-state index contributed by atoms with van der Waals surface area (Å²) in [6.45, 7) is 6.63. The summed E-state index contributed by atoms with van der Waals surface area (Å²) in [4.78, 5) is 4.23. The molecule has 0 fully saturated rings. The molecule has 3 heteroatoms. The number of hydrogen-bond acceptors (Lipinski definition) is 3. The van der Waals surface area contributed by atoms with Crippen LogP contribution in [0.25, 0.3) is 0 Å². The van der Waals surface area contributed by atoms with Gasteiger partial charge < -0.3 is 10.6 Å². The van der Waals surface area contributed by atoms with Crippen molar-refractivity contribution in [3.8, 4) is 0 Å². The van der Waals surface area contributed by atoms with E-state index in [2.05, 4.69) is 22.5 Å². The Morgan fingerprint density at radius 1 is 1.70 bits per heavy atom. The van der Waals surface area contributed by atoms with E-state index in [0.29, 0.717) is 0 Å². The second-order valence-corrected chi connectivity index (χ2v) is 2.29. The summed E-state index contributed by atoms with van der Waals surface area (Å²) in [6.07, 6.45) is 2.05. The van der Waals surface area contributed by atoms with E-state index in [1.807, 2.05) is 0 Å². The highest BCUT2D eigenvalue weighted by Gasteiger charge is 2.00. The Kier molecular flexibility index (Phi) is 3.06. The molecule has 0 bridgehead atoms. The van der Waals surface area contributed by atoms with Crippen LogP contribution in [0.1, 0.15) is 12.8 Å². The van der Waals surface area contributed by atoms with Gasteiger partial charge in [-0.2, -0.15) is 0 Å². The molecule has 0 saturated heterocycles. The Balaban J connectivity index is 2.18. The molecule has 0 aliphatic carbocycles. The molecule has 0 aromatic rings. The lowest BCUT2D eigenvalue weighted by Gasteiger charge is -2.14. The maximum atomic E-state index is 4.23. The zero-order valence-corrected chi connectivity index (χ0v) is 6.19. The highest BCUT2D eigenvalue weighted by molar-refractivity contribution is 5.80. The molecule has 0 atom stereocenters. The SMILES string of the molecule is [CH2]CCNC1=NCCCN1. The van der Waals surface area contributed by atoms with Crippen LogP contribution in [0.3, 0.4) is 0 Å². The summed E-state index contributed by atoms with van der Waals surface area (Å²) >= 11 is 0. The number of rotatable bonds is 2. The summed E-state index contributed by atoms with van der Waals surface area (Å²) in [5, 5.41) is 6.31. The maximum absolute atomic E-state index is 4.23. The first-order valence-corrected chi connectivity index (χ1v) is 3.75. The van der Waals surface area contributed by atoms with Crippen LogP contribution in [-0.2, 0) is 0 Å². The lowest BCUT2D eigenvalue weighted by Crippen LogP contribution is -2.40. The van der Waals surface area contributed by atoms with E-state index in [-0.39, 0.29) is 0 Å². The molecule has 1 aliphatic rings. The van der Waals surface area contributed by atoms with Crippen LogP contribution >= 0.6 is 0 Å². The molecule has 57 valence electrons. The zero-order chi connectivity index (χ0) is 7.23. The molecule has 0 spiro atoms. The molecule has 2 N–H and O–H groups in total. The van der Waals surface area contributed by atoms with Gasteiger partial charge in [0, 0.05) is 19.6 Å². The third-order valence-corrected chi connectivity index (χ3v) is 1.37. The van der Waals surface area contributed by atoms with E-state index in [9.17, 15) is 0 Å². The van der Waals surface area contributed by atoms with Crippen molar-refractivity contribution < 1.29 is 0 Å². The molecule has 1 aliphatic heterocycles. The van der Waals surface area contributed by atoms with Crippen molar-refractivity contribution in [1.29, 1.82) is 0 Å². The van der Waals surface area contributed by atoms with Gasteiger partial charge in [-0.25, -0.2) is 0 Å². The van der Waals surface area contributed by atoms with Crippen molar-refractivity contribution in [2.75, 3.05) is 19.6 Å². The topological polar surface area (TPSA) is 36.4 Å². The van der Waals surface area contributed by atoms with E-state index >= 15 is 0 Å². The monoisotopic (exact) mass is 140 g/mol. The van der Waals surface area contributed by atoms with E-state index in [0.717, 1.165) is 38.4 Å². The quantitative estimate of drug-likeness (QED) is 0.573. The molecule has 10 heavy (non-hydrogen) atoms. The molecule has 1 heterocycles. The largest absolute Gasteiger partial charge is 0.356 e. The van der Waals surface area contributed by atoms with Gasteiger partial charge >= 0.3 is 0 Å². The maximum Gasteiger partial charge on any atom is 0.191 e. The van der Waals surface area contributed by atoms with E-state index in [4.69, 9.17) is 0 Å². The molecule has 0 aromatic carbocycles. The van der Waals surface area contributed by atoms with Crippen LogP contribution in [0, 0.1) is 6.92 Å². The van der Waals surface area contributed by atoms with Crippen LogP contribution in [0.15, 0.2) is 4.99 Å². The van der Waals surface area contributed by atoms with Crippen molar-refractivity contribution in [3.05, 3.63) is 6.92 Å². The molecule has 0 aromatic heterocycles. The van der Waals surface area contributed by atoms with Gasteiger partial charge in [-0.05, 0) is 12.8 Å². The Bertz CT molecular complexity index is 120. The number of guanidine groups is 1. The van der Waals surface area contributed by atoms with Gasteiger partial charge in [0.2, 0.25) is 0 Å². The minimum atomic E-state index is 0.903. The smallest absolute Gasteiger partial charge is 0.191 e. The van der Waals surface area contributed by atoms with Crippen molar-refractivity contribution in [2.24, 2.45) is 4.99 Å². The molecule has 0 saturated carbocycles. The number of hydrogen-bond donors (Lipinski definition) is 2. The van der Waals surface area contributed by atoms with Gasteiger partial charge in [0.25, 0.3) is 0 Å². The minimum absolute atomic E-state index is 0.903. The van der Waals surface area contributed by atoms with E-state index in [1.165, 1.54) is 0 Å². The molecule has 3 nitrogen and oxygen atoms in total. The fourth-order valence-electron chi connectivity index (χ4n) is 0.858. The zero-order valence-electron chi connectivity index (χ0n) is 6.19. The van der Waals surface area contributed by atoms with Crippen LogP contribution in [0.4, 0.5) is 0 Å². The Morgan fingerprint density at radius 3 is 3.20 bits per heavy atom. The first kappa shape index (κ1) is 7.38. The molecule has 1 rings (SSSR count). The van der Waals surface area contributed by atoms with Crippen LogP contribution < -0.4 is 10.6 Å². The number of aliphatic imine (C=N–C) groups is 1. The fraction of sp³-hybridized carbons (Fsp3) is 0.714. The first-order chi connectivity index (χ1) is 4.93. The predicted octanol–water partition coefficient (Wildman–Crippen LogP) is 0.149. The van der Waals surface area contributed by atoms with Crippen LogP contribution in [0.5, 0.6) is 0 Å². The van der Waals surface area contributed by atoms with Gasteiger partial charge in [0.1, 0.15) is 0 Å². The summed E-state index contributed by atoms with van der Waals surface area (Å²) in [5.41, 5.74) is 0. The van der Waals surface area contributed by atoms with Crippen molar-refractivity contribution in [2.45, 2.75) is 12.8 Å². The van der Waals surface area contributed by atoms with Gasteiger partial charge in [-0.15, -0.1) is 0 Å². The van der Waals surface area contributed by atoms with E-state index in [1.54, 1.807) is 0 Å². The third-order valence-electron chi connectivity index (χ3n) is 1.37. The van der Waals surface area contributed by atoms with Crippen molar-refractivity contribution in [3.63, 3.8) is 0 Å². The minimum Gasteiger partial charge on any atom is -0.356 e. The van der Waals surface area contributed by atoms with Gasteiger partial charge in [0.15, 0.2) is 5.96 Å². The van der Waals surface area contributed by atoms with Gasteiger partial charge in [0.05, 0.1) is 0 Å². The molecule has 1 radical (unpaired) electrons. The average Bonchev–Trinajstić information content (AvgIpc) is 2.03. The Labute approximate surface area is 61.9 Å². The predicted molar refractivity (Wildman–Crippen MR) is 42.9 cm³/mol. The normalized spacial score (nSPS) is 17.5. The number of nitrogens with one attached hydrogen (secondary N) is 2. The summed E-state index contributed by atoms with van der Waals surface area (Å²) in [5.74, 6) is 0.940.